The van der Waals surface area contributed by atoms with Crippen LogP contribution in [0, 0.1) is 6.92 Å². The van der Waals surface area contributed by atoms with Gasteiger partial charge in [-0.3, -0.25) is 4.48 Å². The molecule has 0 aliphatic heterocycles. The van der Waals surface area contributed by atoms with Crippen molar-refractivity contribution in [2.24, 2.45) is 0 Å². The third kappa shape index (κ3) is 8.02. The molecule has 7 nitrogen and oxygen atoms in total. The molecule has 3 N–H and O–H groups in total. The number of aromatic nitrogens is 3. The minimum Gasteiger partial charge on any atom is -0.354 e. The van der Waals surface area contributed by atoms with Crippen LogP contribution in [0.3, 0.4) is 0 Å². The third-order valence-corrected chi connectivity index (χ3v) is 5.40. The van der Waals surface area contributed by atoms with E-state index in [0.29, 0.717) is 17.8 Å². The zero-order valence-electron chi connectivity index (χ0n) is 20.7. The number of rotatable bonds is 12. The molecule has 0 bridgehead atoms. The quantitative estimate of drug-likeness (QED) is 0.225. The van der Waals surface area contributed by atoms with Crippen LogP contribution in [0.4, 0.5) is 34.9 Å². The smallest absolute Gasteiger partial charge is 0.233 e. The second-order valence-electron chi connectivity index (χ2n) is 9.32. The van der Waals surface area contributed by atoms with E-state index in [4.69, 9.17) is 0 Å². The van der Waals surface area contributed by atoms with Gasteiger partial charge in [0.2, 0.25) is 17.8 Å². The number of hydrogen-bond donors (Lipinski definition) is 3. The van der Waals surface area contributed by atoms with Crippen molar-refractivity contribution in [1.82, 2.24) is 19.4 Å². The third-order valence-electron chi connectivity index (χ3n) is 5.40. The number of nitrogens with one attached hydrogen (secondary N) is 3. The summed E-state index contributed by atoms with van der Waals surface area (Å²) in [5.74, 6) is 1.58. The summed E-state index contributed by atoms with van der Waals surface area (Å²) >= 11 is 0. The molecule has 0 aliphatic carbocycles. The molecule has 7 heteroatoms. The zero-order valence-corrected chi connectivity index (χ0v) is 20.7. The summed E-state index contributed by atoms with van der Waals surface area (Å²) < 4.78 is 0.767. The van der Waals surface area contributed by atoms with Gasteiger partial charge in [-0.2, -0.15) is 15.0 Å². The maximum Gasteiger partial charge on any atom is 0.233 e. The van der Waals surface area contributed by atoms with Gasteiger partial charge in [0.15, 0.2) is 0 Å². The maximum atomic E-state index is 4.60. The number of unbranched alkanes of at least 4 members (excludes halogenated alkanes) is 4. The van der Waals surface area contributed by atoms with Gasteiger partial charge in [0.1, 0.15) is 5.69 Å². The van der Waals surface area contributed by atoms with E-state index in [0.717, 1.165) is 28.8 Å². The topological polar surface area (TPSA) is 74.8 Å². The Bertz CT molecular complexity index is 993. The van der Waals surface area contributed by atoms with Crippen molar-refractivity contribution in [3.8, 4) is 0 Å². The highest BCUT2D eigenvalue weighted by Gasteiger charge is 2.12. The summed E-state index contributed by atoms with van der Waals surface area (Å²) in [5.41, 5.74) is 4.31. The number of hydrogen-bond acceptors (Lipinski definition) is 6. The molecule has 0 saturated carbocycles. The van der Waals surface area contributed by atoms with E-state index in [1.54, 1.807) is 0 Å². The average molecular weight is 449 g/mol. The summed E-state index contributed by atoms with van der Waals surface area (Å²) in [7, 11) is 6.45. The van der Waals surface area contributed by atoms with E-state index in [9.17, 15) is 0 Å². The molecule has 2 aromatic carbocycles. The van der Waals surface area contributed by atoms with Gasteiger partial charge < -0.3 is 16.0 Å². The number of aryl methyl sites for hydroxylation is 1. The molecule has 176 valence electrons. The molecular formula is C26H38N7+. The fraction of sp³-hybridized carbons (Fsp3) is 0.423. The SMILES string of the molecule is CCCCCCCNc1nc(Nc2ccc(C)cc2)nc(Nc2ccc([N+](C)(C)C)cc2)n1. The van der Waals surface area contributed by atoms with Gasteiger partial charge in [-0.25, -0.2) is 0 Å². The molecule has 1 aromatic heterocycles. The molecule has 3 aromatic rings. The fourth-order valence-corrected chi connectivity index (χ4v) is 3.38. The summed E-state index contributed by atoms with van der Waals surface area (Å²) in [6.45, 7) is 5.15. The number of benzene rings is 2. The Morgan fingerprint density at radius 1 is 0.667 bits per heavy atom. The zero-order chi connectivity index (χ0) is 23.7. The van der Waals surface area contributed by atoms with Crippen molar-refractivity contribution in [1.29, 1.82) is 0 Å². The molecule has 0 aliphatic rings. The first-order chi connectivity index (χ1) is 15.8. The number of quaternary nitrogens is 1. The highest BCUT2D eigenvalue weighted by atomic mass is 15.3. The first-order valence-electron chi connectivity index (χ1n) is 11.9. The van der Waals surface area contributed by atoms with Crippen LogP contribution in [0.25, 0.3) is 0 Å². The summed E-state index contributed by atoms with van der Waals surface area (Å²) in [6, 6.07) is 16.5. The van der Waals surface area contributed by atoms with Gasteiger partial charge in [-0.1, -0.05) is 50.3 Å². The highest BCUT2D eigenvalue weighted by molar-refractivity contribution is 5.61. The fourth-order valence-electron chi connectivity index (χ4n) is 3.38. The van der Waals surface area contributed by atoms with E-state index in [-0.39, 0.29) is 0 Å². The summed E-state index contributed by atoms with van der Waals surface area (Å²) in [4.78, 5) is 13.8. The largest absolute Gasteiger partial charge is 0.354 e. The van der Waals surface area contributed by atoms with Crippen molar-refractivity contribution < 1.29 is 0 Å². The highest BCUT2D eigenvalue weighted by Crippen LogP contribution is 2.23. The molecular weight excluding hydrogens is 410 g/mol. The first kappa shape index (κ1) is 24.5. The van der Waals surface area contributed by atoms with Gasteiger partial charge in [0.05, 0.1) is 21.1 Å². The first-order valence-corrected chi connectivity index (χ1v) is 11.9. The molecule has 0 amide bonds. The van der Waals surface area contributed by atoms with E-state index in [1.807, 2.05) is 12.1 Å². The molecule has 0 spiro atoms. The van der Waals surface area contributed by atoms with Crippen LogP contribution in [-0.2, 0) is 0 Å². The Balaban J connectivity index is 1.74. The average Bonchev–Trinajstić information content (AvgIpc) is 2.77. The Hall–Kier alpha value is -3.19. The lowest BCUT2D eigenvalue weighted by atomic mass is 10.1. The summed E-state index contributed by atoms with van der Waals surface area (Å²) in [6.07, 6.45) is 6.12. The standard InChI is InChI=1S/C26H38N7/c1-6-7-8-9-10-19-27-24-30-25(28-21-13-11-20(2)12-14-21)32-26(31-24)29-22-15-17-23(18-16-22)33(3,4)5/h11-18H,6-10,19H2,1-5H3,(H3,27,28,29,30,31,32)/q+1. The lowest BCUT2D eigenvalue weighted by Gasteiger charge is -2.23. The Labute approximate surface area is 198 Å². The van der Waals surface area contributed by atoms with E-state index >= 15 is 0 Å². The van der Waals surface area contributed by atoms with Crippen LogP contribution in [0.15, 0.2) is 48.5 Å². The van der Waals surface area contributed by atoms with E-state index in [1.165, 1.54) is 36.9 Å². The monoisotopic (exact) mass is 448 g/mol. The van der Waals surface area contributed by atoms with Crippen molar-refractivity contribution in [3.05, 3.63) is 54.1 Å². The lowest BCUT2D eigenvalue weighted by molar-refractivity contribution is 0.486. The predicted octanol–water partition coefficient (Wildman–Crippen LogP) is 6.25. The lowest BCUT2D eigenvalue weighted by Crippen LogP contribution is -2.34. The predicted molar refractivity (Wildman–Crippen MR) is 141 cm³/mol. The van der Waals surface area contributed by atoms with Gasteiger partial charge in [-0.15, -0.1) is 0 Å². The molecule has 33 heavy (non-hydrogen) atoms. The van der Waals surface area contributed by atoms with Crippen molar-refractivity contribution >= 4 is 34.9 Å². The van der Waals surface area contributed by atoms with Crippen LogP contribution in [-0.4, -0.2) is 42.6 Å². The van der Waals surface area contributed by atoms with E-state index in [2.05, 4.69) is 102 Å². The van der Waals surface area contributed by atoms with Crippen LogP contribution in [0.2, 0.25) is 0 Å². The van der Waals surface area contributed by atoms with Crippen molar-refractivity contribution in [2.45, 2.75) is 46.0 Å². The number of anilines is 5. The summed E-state index contributed by atoms with van der Waals surface area (Å²) in [5, 5.41) is 10.00. The Morgan fingerprint density at radius 3 is 1.73 bits per heavy atom. The molecule has 0 saturated heterocycles. The van der Waals surface area contributed by atoms with Gasteiger partial charge in [-0.05, 0) is 37.6 Å². The molecule has 1 heterocycles. The van der Waals surface area contributed by atoms with Crippen LogP contribution in [0.5, 0.6) is 0 Å². The van der Waals surface area contributed by atoms with Crippen LogP contribution < -0.4 is 20.4 Å². The second-order valence-corrected chi connectivity index (χ2v) is 9.32. The normalized spacial score (nSPS) is 11.3. The Kier molecular flexibility index (Phi) is 8.60. The van der Waals surface area contributed by atoms with Crippen molar-refractivity contribution in [3.63, 3.8) is 0 Å². The molecule has 0 radical (unpaired) electrons. The van der Waals surface area contributed by atoms with Crippen LogP contribution >= 0.6 is 0 Å². The number of nitrogens with zero attached hydrogens (tertiary/aromatic N) is 4. The minimum absolute atomic E-state index is 0.506. The van der Waals surface area contributed by atoms with Crippen molar-refractivity contribution in [2.75, 3.05) is 43.6 Å². The van der Waals surface area contributed by atoms with Gasteiger partial charge in [0, 0.05) is 30.1 Å². The maximum absolute atomic E-state index is 4.60. The van der Waals surface area contributed by atoms with Crippen LogP contribution in [0.1, 0.15) is 44.6 Å². The van der Waals surface area contributed by atoms with Gasteiger partial charge in [0.25, 0.3) is 0 Å². The van der Waals surface area contributed by atoms with E-state index < -0.39 is 0 Å². The molecule has 3 rings (SSSR count). The molecule has 0 fully saturated rings. The van der Waals surface area contributed by atoms with Gasteiger partial charge >= 0.3 is 0 Å². The minimum atomic E-state index is 0.506. The molecule has 0 unspecified atom stereocenters. The Morgan fingerprint density at radius 2 is 1.18 bits per heavy atom. The molecule has 0 atom stereocenters. The second kappa shape index (κ2) is 11.6.